The molecule has 19 heavy (non-hydrogen) atoms. The van der Waals surface area contributed by atoms with E-state index in [1.165, 1.54) is 30.4 Å². The smallest absolute Gasteiger partial charge is 0.00556 e. The Hall–Kier alpha value is -1.56. The van der Waals surface area contributed by atoms with Gasteiger partial charge in [-0.15, -0.1) is 0 Å². The third-order valence-electron chi connectivity index (χ3n) is 5.85. The number of hydrogen-bond acceptors (Lipinski definition) is 0. The maximum absolute atomic E-state index is 2.39. The molecule has 0 radical (unpaired) electrons. The van der Waals surface area contributed by atoms with Crippen LogP contribution in [-0.4, -0.2) is 0 Å². The van der Waals surface area contributed by atoms with E-state index in [0.717, 1.165) is 23.7 Å². The lowest BCUT2D eigenvalue weighted by Gasteiger charge is -2.38. The molecule has 0 nitrogen and oxygen atoms in total. The summed E-state index contributed by atoms with van der Waals surface area (Å²) in [6.07, 6.45) is 4.39. The molecule has 94 valence electrons. The molecule has 0 aliphatic heterocycles. The third kappa shape index (κ3) is 1.20. The predicted octanol–water partition coefficient (Wildman–Crippen LogP) is 4.96. The average molecular weight is 246 g/mol. The molecule has 5 rings (SSSR count). The van der Waals surface area contributed by atoms with E-state index >= 15 is 0 Å². The van der Waals surface area contributed by atoms with E-state index in [1.54, 1.807) is 11.1 Å². The summed E-state index contributed by atoms with van der Waals surface area (Å²) in [6.45, 7) is 0. The van der Waals surface area contributed by atoms with Gasteiger partial charge < -0.3 is 0 Å². The van der Waals surface area contributed by atoms with Gasteiger partial charge in [-0.1, -0.05) is 48.5 Å². The van der Waals surface area contributed by atoms with Gasteiger partial charge in [-0.25, -0.2) is 0 Å². The molecule has 2 saturated carbocycles. The van der Waals surface area contributed by atoms with Gasteiger partial charge >= 0.3 is 0 Å². The Labute approximate surface area is 114 Å². The Morgan fingerprint density at radius 1 is 0.632 bits per heavy atom. The second-order valence-corrected chi connectivity index (χ2v) is 6.56. The molecule has 0 N–H and O–H groups in total. The Kier molecular flexibility index (Phi) is 1.89. The standard InChI is InChI=1S/C19H18/c1-3-7-16-14(5-1)15-6-2-4-8-17(15)19-13-10-9-12(11-13)18(16)19/h1-8,12-13,18-19H,9-11H2. The first kappa shape index (κ1) is 10.3. The van der Waals surface area contributed by atoms with Crippen molar-refractivity contribution in [2.45, 2.75) is 31.1 Å². The number of rotatable bonds is 0. The van der Waals surface area contributed by atoms with Crippen molar-refractivity contribution >= 4 is 0 Å². The molecule has 3 aliphatic carbocycles. The lowest BCUT2D eigenvalue weighted by molar-refractivity contribution is 0.363. The third-order valence-corrected chi connectivity index (χ3v) is 5.85. The van der Waals surface area contributed by atoms with Gasteiger partial charge in [0.05, 0.1) is 0 Å². The quantitative estimate of drug-likeness (QED) is 0.616. The molecule has 4 atom stereocenters. The van der Waals surface area contributed by atoms with Gasteiger partial charge in [0.15, 0.2) is 0 Å². The second kappa shape index (κ2) is 3.50. The molecular weight excluding hydrogens is 228 g/mol. The average Bonchev–Trinajstić information content (AvgIpc) is 3.09. The van der Waals surface area contributed by atoms with Gasteiger partial charge in [0.2, 0.25) is 0 Å². The van der Waals surface area contributed by atoms with Gasteiger partial charge in [-0.05, 0) is 65.2 Å². The summed E-state index contributed by atoms with van der Waals surface area (Å²) in [5.74, 6) is 3.52. The van der Waals surface area contributed by atoms with Crippen LogP contribution in [0.4, 0.5) is 0 Å². The van der Waals surface area contributed by atoms with Crippen molar-refractivity contribution in [3.63, 3.8) is 0 Å². The SMILES string of the molecule is c1ccc2c(c1)-c1ccccc1C1C3CCC(C3)C21. The molecule has 4 unspecified atom stereocenters. The molecule has 0 spiro atoms. The minimum atomic E-state index is 0.810. The molecule has 2 bridgehead atoms. The summed E-state index contributed by atoms with van der Waals surface area (Å²) in [7, 11) is 0. The van der Waals surface area contributed by atoms with Crippen LogP contribution in [-0.2, 0) is 0 Å². The van der Waals surface area contributed by atoms with Crippen molar-refractivity contribution in [3.05, 3.63) is 59.7 Å². The first-order valence-electron chi connectivity index (χ1n) is 7.62. The van der Waals surface area contributed by atoms with E-state index in [4.69, 9.17) is 0 Å². The fourth-order valence-electron chi connectivity index (χ4n) is 5.25. The van der Waals surface area contributed by atoms with E-state index in [-0.39, 0.29) is 0 Å². The Morgan fingerprint density at radius 2 is 1.11 bits per heavy atom. The summed E-state index contributed by atoms with van der Waals surface area (Å²) in [5, 5.41) is 0. The molecule has 3 aliphatic rings. The van der Waals surface area contributed by atoms with Crippen LogP contribution in [0.15, 0.2) is 48.5 Å². The van der Waals surface area contributed by atoms with Crippen molar-refractivity contribution in [1.29, 1.82) is 0 Å². The lowest BCUT2D eigenvalue weighted by atomic mass is 9.66. The van der Waals surface area contributed by atoms with Crippen LogP contribution in [0.3, 0.4) is 0 Å². The molecule has 0 aromatic heterocycles. The van der Waals surface area contributed by atoms with Gasteiger partial charge in [-0.3, -0.25) is 0 Å². The van der Waals surface area contributed by atoms with Crippen LogP contribution in [0.1, 0.15) is 42.2 Å². The van der Waals surface area contributed by atoms with Gasteiger partial charge in [0.25, 0.3) is 0 Å². The second-order valence-electron chi connectivity index (χ2n) is 6.56. The molecular formula is C19H18. The summed E-state index contributed by atoms with van der Waals surface area (Å²) in [6, 6.07) is 18.3. The van der Waals surface area contributed by atoms with Gasteiger partial charge in [0, 0.05) is 0 Å². The van der Waals surface area contributed by atoms with Crippen LogP contribution in [0.25, 0.3) is 11.1 Å². The highest BCUT2D eigenvalue weighted by molar-refractivity contribution is 5.75. The van der Waals surface area contributed by atoms with Crippen molar-refractivity contribution in [2.24, 2.45) is 11.8 Å². The summed E-state index contributed by atoms with van der Waals surface area (Å²) >= 11 is 0. The van der Waals surface area contributed by atoms with E-state index < -0.39 is 0 Å². The van der Waals surface area contributed by atoms with E-state index in [0.29, 0.717) is 0 Å². The van der Waals surface area contributed by atoms with Crippen molar-refractivity contribution < 1.29 is 0 Å². The minimum Gasteiger partial charge on any atom is -0.0619 e. The lowest BCUT2D eigenvalue weighted by Crippen LogP contribution is -2.23. The Bertz CT molecular complexity index is 597. The van der Waals surface area contributed by atoms with Gasteiger partial charge in [0.1, 0.15) is 0 Å². The highest BCUT2D eigenvalue weighted by atomic mass is 14.5. The van der Waals surface area contributed by atoms with E-state index in [1.807, 2.05) is 0 Å². The first-order valence-corrected chi connectivity index (χ1v) is 7.62. The normalized spacial score (nSPS) is 33.7. The highest BCUT2D eigenvalue weighted by Crippen LogP contribution is 2.64. The van der Waals surface area contributed by atoms with Crippen LogP contribution in [0, 0.1) is 11.8 Å². The van der Waals surface area contributed by atoms with Gasteiger partial charge in [-0.2, -0.15) is 0 Å². The maximum Gasteiger partial charge on any atom is -0.00556 e. The van der Waals surface area contributed by atoms with Crippen molar-refractivity contribution in [3.8, 4) is 11.1 Å². The molecule has 0 amide bonds. The number of benzene rings is 2. The Morgan fingerprint density at radius 3 is 1.63 bits per heavy atom. The Balaban J connectivity index is 1.83. The largest absolute Gasteiger partial charge is 0.0619 e. The minimum absolute atomic E-state index is 0.810. The maximum atomic E-state index is 2.39. The fraction of sp³-hybridized carbons (Fsp3) is 0.368. The number of fused-ring (bicyclic) bond motifs is 10. The molecule has 2 aromatic rings. The first-order chi connectivity index (χ1) is 9.43. The summed E-state index contributed by atoms with van der Waals surface area (Å²) in [4.78, 5) is 0. The predicted molar refractivity (Wildman–Crippen MR) is 78.2 cm³/mol. The van der Waals surface area contributed by atoms with Crippen molar-refractivity contribution in [1.82, 2.24) is 0 Å². The topological polar surface area (TPSA) is 0 Å². The van der Waals surface area contributed by atoms with E-state index in [2.05, 4.69) is 48.5 Å². The molecule has 0 heteroatoms. The number of hydrogen-bond donors (Lipinski definition) is 0. The van der Waals surface area contributed by atoms with Crippen LogP contribution in [0.2, 0.25) is 0 Å². The van der Waals surface area contributed by atoms with Crippen molar-refractivity contribution in [2.75, 3.05) is 0 Å². The van der Waals surface area contributed by atoms with E-state index in [9.17, 15) is 0 Å². The zero-order valence-electron chi connectivity index (χ0n) is 11.0. The molecule has 2 aromatic carbocycles. The summed E-state index contributed by atoms with van der Waals surface area (Å²) < 4.78 is 0. The van der Waals surface area contributed by atoms with Crippen LogP contribution >= 0.6 is 0 Å². The summed E-state index contributed by atoms with van der Waals surface area (Å²) in [5.41, 5.74) is 6.29. The zero-order valence-corrected chi connectivity index (χ0v) is 11.0. The highest BCUT2D eigenvalue weighted by Gasteiger charge is 2.51. The molecule has 0 saturated heterocycles. The monoisotopic (exact) mass is 246 g/mol. The fourth-order valence-corrected chi connectivity index (χ4v) is 5.25. The molecule has 0 heterocycles. The molecule has 2 fully saturated rings. The van der Waals surface area contributed by atoms with Crippen LogP contribution in [0.5, 0.6) is 0 Å². The zero-order chi connectivity index (χ0) is 12.4. The van der Waals surface area contributed by atoms with Crippen LogP contribution < -0.4 is 0 Å².